The maximum absolute atomic E-state index is 11.9. The minimum atomic E-state index is -0.500. The second-order valence-corrected chi connectivity index (χ2v) is 4.92. The van der Waals surface area contributed by atoms with Gasteiger partial charge >= 0.3 is 0 Å². The number of nitrogens with zero attached hydrogens (tertiary/aromatic N) is 3. The molecule has 21 heavy (non-hydrogen) atoms. The summed E-state index contributed by atoms with van der Waals surface area (Å²) in [5.41, 5.74) is 6.70. The van der Waals surface area contributed by atoms with Gasteiger partial charge in [-0.05, 0) is 18.1 Å². The maximum atomic E-state index is 11.9. The van der Waals surface area contributed by atoms with Crippen LogP contribution in [0.5, 0.6) is 0 Å². The molecule has 0 unspecified atom stereocenters. The summed E-state index contributed by atoms with van der Waals surface area (Å²) in [5.74, 6) is 0.653. The monoisotopic (exact) mass is 309 g/mol. The number of pyridine rings is 1. The molecule has 7 heteroatoms. The predicted octanol–water partition coefficient (Wildman–Crippen LogP) is 1.29. The fourth-order valence-corrected chi connectivity index (χ4v) is 1.77. The van der Waals surface area contributed by atoms with Crippen molar-refractivity contribution in [1.29, 1.82) is 0 Å². The Morgan fingerprint density at radius 3 is 2.76 bits per heavy atom. The standard InChI is InChI=1S/C14H19N5O.ClH/c1-10(2)12(15)14(20)17-9-11-5-3-6-16-13(11)19-8-4-7-18-19;/h3-8,10,12H,9,15H2,1-2H3,(H,17,20);1H/t12-;/m0./s1. The molecule has 2 aromatic heterocycles. The van der Waals surface area contributed by atoms with Gasteiger partial charge in [0.15, 0.2) is 5.82 Å². The molecule has 114 valence electrons. The van der Waals surface area contributed by atoms with E-state index in [4.69, 9.17) is 5.73 Å². The molecule has 2 rings (SSSR count). The van der Waals surface area contributed by atoms with Crippen molar-refractivity contribution in [3.05, 3.63) is 42.4 Å². The van der Waals surface area contributed by atoms with E-state index in [0.29, 0.717) is 12.4 Å². The number of carbonyl (C=O) groups is 1. The van der Waals surface area contributed by atoms with Gasteiger partial charge in [-0.1, -0.05) is 19.9 Å². The third-order valence-corrected chi connectivity index (χ3v) is 3.06. The van der Waals surface area contributed by atoms with Crippen molar-refractivity contribution in [2.75, 3.05) is 0 Å². The zero-order valence-corrected chi connectivity index (χ0v) is 12.9. The highest BCUT2D eigenvalue weighted by Crippen LogP contribution is 2.10. The molecule has 1 amide bonds. The SMILES string of the molecule is CC(C)[C@H](N)C(=O)NCc1cccnc1-n1cccn1.Cl. The Kier molecular flexibility index (Phi) is 6.33. The molecule has 0 fully saturated rings. The predicted molar refractivity (Wildman–Crippen MR) is 83.3 cm³/mol. The van der Waals surface area contributed by atoms with Crippen LogP contribution in [0, 0.1) is 5.92 Å². The topological polar surface area (TPSA) is 85.8 Å². The highest BCUT2D eigenvalue weighted by atomic mass is 35.5. The number of carbonyl (C=O) groups excluding carboxylic acids is 1. The summed E-state index contributed by atoms with van der Waals surface area (Å²) in [7, 11) is 0. The lowest BCUT2D eigenvalue weighted by Crippen LogP contribution is -2.43. The van der Waals surface area contributed by atoms with Crippen molar-refractivity contribution in [2.24, 2.45) is 11.7 Å². The third-order valence-electron chi connectivity index (χ3n) is 3.06. The number of rotatable bonds is 5. The fourth-order valence-electron chi connectivity index (χ4n) is 1.77. The van der Waals surface area contributed by atoms with E-state index in [1.54, 1.807) is 17.1 Å². The van der Waals surface area contributed by atoms with Crippen LogP contribution in [0.4, 0.5) is 0 Å². The van der Waals surface area contributed by atoms with Crippen LogP contribution in [0.3, 0.4) is 0 Å². The lowest BCUT2D eigenvalue weighted by atomic mass is 10.1. The van der Waals surface area contributed by atoms with Crippen molar-refractivity contribution >= 4 is 18.3 Å². The van der Waals surface area contributed by atoms with Gasteiger partial charge in [0.1, 0.15) is 0 Å². The van der Waals surface area contributed by atoms with E-state index < -0.39 is 6.04 Å². The molecule has 6 nitrogen and oxygen atoms in total. The quantitative estimate of drug-likeness (QED) is 0.871. The smallest absolute Gasteiger partial charge is 0.237 e. The van der Waals surface area contributed by atoms with Crippen molar-refractivity contribution in [1.82, 2.24) is 20.1 Å². The highest BCUT2D eigenvalue weighted by Gasteiger charge is 2.17. The minimum Gasteiger partial charge on any atom is -0.351 e. The average Bonchev–Trinajstić information content (AvgIpc) is 2.98. The molecule has 0 aliphatic heterocycles. The molecule has 0 aliphatic carbocycles. The van der Waals surface area contributed by atoms with E-state index in [2.05, 4.69) is 15.4 Å². The number of amides is 1. The summed E-state index contributed by atoms with van der Waals surface area (Å²) in [6, 6.07) is 5.06. The molecule has 0 bridgehead atoms. The number of aromatic nitrogens is 3. The van der Waals surface area contributed by atoms with Crippen LogP contribution in [0.2, 0.25) is 0 Å². The summed E-state index contributed by atoms with van der Waals surface area (Å²) in [5, 5.41) is 6.99. The van der Waals surface area contributed by atoms with Crippen molar-refractivity contribution in [3.8, 4) is 5.82 Å². The first-order valence-electron chi connectivity index (χ1n) is 6.57. The fraction of sp³-hybridized carbons (Fsp3) is 0.357. The first kappa shape index (κ1) is 17.1. The van der Waals surface area contributed by atoms with Crippen LogP contribution in [0.15, 0.2) is 36.8 Å². The maximum Gasteiger partial charge on any atom is 0.237 e. The lowest BCUT2D eigenvalue weighted by Gasteiger charge is -2.16. The van der Waals surface area contributed by atoms with Gasteiger partial charge in [0.05, 0.1) is 6.04 Å². The van der Waals surface area contributed by atoms with E-state index in [0.717, 1.165) is 5.56 Å². The van der Waals surface area contributed by atoms with Gasteiger partial charge in [-0.25, -0.2) is 9.67 Å². The second kappa shape index (κ2) is 7.75. The highest BCUT2D eigenvalue weighted by molar-refractivity contribution is 5.85. The minimum absolute atomic E-state index is 0. The average molecular weight is 310 g/mol. The van der Waals surface area contributed by atoms with Gasteiger partial charge in [0.25, 0.3) is 0 Å². The number of nitrogens with one attached hydrogen (secondary N) is 1. The Morgan fingerprint density at radius 1 is 1.38 bits per heavy atom. The lowest BCUT2D eigenvalue weighted by molar-refractivity contribution is -0.123. The molecule has 0 spiro atoms. The van der Waals surface area contributed by atoms with E-state index in [9.17, 15) is 4.79 Å². The molecule has 0 saturated heterocycles. The molecule has 0 aromatic carbocycles. The Labute approximate surface area is 130 Å². The van der Waals surface area contributed by atoms with Crippen LogP contribution >= 0.6 is 12.4 Å². The molecule has 2 aromatic rings. The first-order valence-corrected chi connectivity index (χ1v) is 6.57. The van der Waals surface area contributed by atoms with E-state index >= 15 is 0 Å². The van der Waals surface area contributed by atoms with Crippen molar-refractivity contribution in [2.45, 2.75) is 26.4 Å². The van der Waals surface area contributed by atoms with Gasteiger partial charge in [-0.3, -0.25) is 4.79 Å². The van der Waals surface area contributed by atoms with Gasteiger partial charge in [-0.15, -0.1) is 12.4 Å². The van der Waals surface area contributed by atoms with Crippen LogP contribution < -0.4 is 11.1 Å². The summed E-state index contributed by atoms with van der Waals surface area (Å²) >= 11 is 0. The zero-order chi connectivity index (χ0) is 14.5. The van der Waals surface area contributed by atoms with Crippen LogP contribution in [0.25, 0.3) is 5.82 Å². The second-order valence-electron chi connectivity index (χ2n) is 4.92. The number of hydrogen-bond acceptors (Lipinski definition) is 4. The van der Waals surface area contributed by atoms with Crippen molar-refractivity contribution in [3.63, 3.8) is 0 Å². The number of hydrogen-bond donors (Lipinski definition) is 2. The van der Waals surface area contributed by atoms with E-state index in [-0.39, 0.29) is 24.2 Å². The summed E-state index contributed by atoms with van der Waals surface area (Å²) < 4.78 is 1.67. The summed E-state index contributed by atoms with van der Waals surface area (Å²) in [6.45, 7) is 4.22. The molecular formula is C14H20ClN5O. The summed E-state index contributed by atoms with van der Waals surface area (Å²) in [4.78, 5) is 16.2. The molecule has 2 heterocycles. The largest absolute Gasteiger partial charge is 0.351 e. The summed E-state index contributed by atoms with van der Waals surface area (Å²) in [6.07, 6.45) is 5.20. The van der Waals surface area contributed by atoms with Gasteiger partial charge < -0.3 is 11.1 Å². The first-order chi connectivity index (χ1) is 9.59. The van der Waals surface area contributed by atoms with Crippen LogP contribution in [-0.2, 0) is 11.3 Å². The third kappa shape index (κ3) is 4.27. The Balaban J connectivity index is 0.00000220. The van der Waals surface area contributed by atoms with E-state index in [1.807, 2.05) is 38.2 Å². The van der Waals surface area contributed by atoms with E-state index in [1.165, 1.54) is 0 Å². The molecule has 0 saturated carbocycles. The number of halogens is 1. The molecule has 0 radical (unpaired) electrons. The normalized spacial score (nSPS) is 11.8. The Bertz CT molecular complexity index is 571. The molecule has 3 N–H and O–H groups in total. The van der Waals surface area contributed by atoms with Gasteiger partial charge in [0, 0.05) is 30.7 Å². The van der Waals surface area contributed by atoms with Gasteiger partial charge in [0.2, 0.25) is 5.91 Å². The van der Waals surface area contributed by atoms with Gasteiger partial charge in [-0.2, -0.15) is 5.10 Å². The van der Waals surface area contributed by atoms with Crippen LogP contribution in [-0.4, -0.2) is 26.7 Å². The Hall–Kier alpha value is -1.92. The molecule has 0 aliphatic rings. The van der Waals surface area contributed by atoms with Crippen LogP contribution in [0.1, 0.15) is 19.4 Å². The Morgan fingerprint density at radius 2 is 2.14 bits per heavy atom. The zero-order valence-electron chi connectivity index (χ0n) is 12.1. The molecular weight excluding hydrogens is 290 g/mol. The molecule has 1 atom stereocenters. The number of nitrogens with two attached hydrogens (primary N) is 1. The van der Waals surface area contributed by atoms with Crippen molar-refractivity contribution < 1.29 is 4.79 Å².